The predicted molar refractivity (Wildman–Crippen MR) is 100 cm³/mol. The van der Waals surface area contributed by atoms with Crippen molar-refractivity contribution < 1.29 is 14.2 Å². The number of alkyl halides is 1. The molecule has 28 heavy (non-hydrogen) atoms. The summed E-state index contributed by atoms with van der Waals surface area (Å²) >= 11 is 0. The lowest BCUT2D eigenvalue weighted by atomic mass is 10.0. The number of phenols is 1. The van der Waals surface area contributed by atoms with Crippen molar-refractivity contribution in [3.8, 4) is 28.6 Å². The fourth-order valence-electron chi connectivity index (χ4n) is 4.06. The molecular formula is C20H20FN5O2. The van der Waals surface area contributed by atoms with E-state index in [9.17, 15) is 9.50 Å². The standard InChI is InChI=1S/C20H20FN5O2/c21-20-16-4-1-12(23-16)9-18(20)28-19-6-5-15(24-25-19)14-3-2-13(10-17(14)27)26-8-7-22-11-26/h2-3,5-8,10-12,16,18,20,23,27H,1,4,9H2/t12?,16?,18-,20-/m0/s1. The van der Waals surface area contributed by atoms with Crippen LogP contribution in [0.4, 0.5) is 4.39 Å². The lowest BCUT2D eigenvalue weighted by Crippen LogP contribution is -2.51. The van der Waals surface area contributed by atoms with Crippen LogP contribution in [0.25, 0.3) is 16.9 Å². The Bertz CT molecular complexity index is 963. The number of hydrogen-bond acceptors (Lipinski definition) is 6. The molecule has 2 aromatic heterocycles. The maximum absolute atomic E-state index is 14.5. The highest BCUT2D eigenvalue weighted by Gasteiger charge is 2.43. The first-order valence-corrected chi connectivity index (χ1v) is 9.39. The van der Waals surface area contributed by atoms with Gasteiger partial charge in [-0.25, -0.2) is 9.37 Å². The highest BCUT2D eigenvalue weighted by atomic mass is 19.1. The minimum Gasteiger partial charge on any atom is -0.507 e. The predicted octanol–water partition coefficient (Wildman–Crippen LogP) is 2.64. The summed E-state index contributed by atoms with van der Waals surface area (Å²) in [7, 11) is 0. The van der Waals surface area contributed by atoms with Crippen LogP contribution in [-0.2, 0) is 0 Å². The number of hydrogen-bond donors (Lipinski definition) is 2. The molecule has 2 bridgehead atoms. The third-order valence-corrected chi connectivity index (χ3v) is 5.50. The summed E-state index contributed by atoms with van der Waals surface area (Å²) in [5.41, 5.74) is 1.87. The third kappa shape index (κ3) is 3.09. The van der Waals surface area contributed by atoms with Gasteiger partial charge in [-0.1, -0.05) is 0 Å². The van der Waals surface area contributed by atoms with Crippen LogP contribution < -0.4 is 10.1 Å². The summed E-state index contributed by atoms with van der Waals surface area (Å²) in [6, 6.07) is 8.86. The Balaban J connectivity index is 1.32. The number of halogens is 1. The van der Waals surface area contributed by atoms with E-state index in [-0.39, 0.29) is 11.8 Å². The molecule has 2 saturated heterocycles. The minimum atomic E-state index is -1.04. The van der Waals surface area contributed by atoms with Crippen LogP contribution in [0.2, 0.25) is 0 Å². The number of phenolic OH excluding ortho intramolecular Hbond substituents is 1. The first kappa shape index (κ1) is 17.1. The highest BCUT2D eigenvalue weighted by molar-refractivity contribution is 5.68. The molecule has 0 spiro atoms. The van der Waals surface area contributed by atoms with E-state index in [0.717, 1.165) is 18.5 Å². The quantitative estimate of drug-likeness (QED) is 0.723. The molecule has 2 aliphatic heterocycles. The Kier molecular flexibility index (Phi) is 4.20. The molecule has 2 aliphatic rings. The summed E-state index contributed by atoms with van der Waals surface area (Å²) in [5.74, 6) is 0.389. The Morgan fingerprint density at radius 2 is 2.11 bits per heavy atom. The summed E-state index contributed by atoms with van der Waals surface area (Å²) in [4.78, 5) is 4.00. The molecule has 0 radical (unpaired) electrons. The topological polar surface area (TPSA) is 85.1 Å². The van der Waals surface area contributed by atoms with Crippen LogP contribution in [0, 0.1) is 0 Å². The van der Waals surface area contributed by atoms with Crippen LogP contribution in [-0.4, -0.2) is 49.2 Å². The van der Waals surface area contributed by atoms with Gasteiger partial charge in [-0.15, -0.1) is 10.2 Å². The minimum absolute atomic E-state index is 0.0907. The normalized spacial score (nSPS) is 26.3. The van der Waals surface area contributed by atoms with E-state index in [1.807, 2.05) is 6.07 Å². The van der Waals surface area contributed by atoms with Crippen LogP contribution in [0.15, 0.2) is 49.1 Å². The van der Waals surface area contributed by atoms with Crippen molar-refractivity contribution in [2.75, 3.05) is 0 Å². The number of aromatic hydroxyl groups is 1. The van der Waals surface area contributed by atoms with E-state index in [2.05, 4.69) is 20.5 Å². The van der Waals surface area contributed by atoms with E-state index in [4.69, 9.17) is 4.74 Å². The molecule has 8 heteroatoms. The van der Waals surface area contributed by atoms with Crippen molar-refractivity contribution in [3.05, 3.63) is 49.1 Å². The van der Waals surface area contributed by atoms with Crippen molar-refractivity contribution in [1.29, 1.82) is 0 Å². The van der Waals surface area contributed by atoms with Crippen molar-refractivity contribution in [1.82, 2.24) is 25.1 Å². The van der Waals surface area contributed by atoms with Gasteiger partial charge in [-0.2, -0.15) is 0 Å². The second-order valence-electron chi connectivity index (χ2n) is 7.31. The van der Waals surface area contributed by atoms with Gasteiger partial charge in [-0.05, 0) is 31.0 Å². The van der Waals surface area contributed by atoms with Crippen LogP contribution >= 0.6 is 0 Å². The fourth-order valence-corrected chi connectivity index (χ4v) is 4.06. The average Bonchev–Trinajstić information content (AvgIpc) is 3.37. The van der Waals surface area contributed by atoms with Gasteiger partial charge in [0.2, 0.25) is 5.88 Å². The number of rotatable bonds is 4. The molecule has 3 aromatic rings. The first-order valence-electron chi connectivity index (χ1n) is 9.39. The molecule has 5 rings (SSSR count). The zero-order valence-corrected chi connectivity index (χ0v) is 15.1. The molecule has 2 unspecified atom stereocenters. The zero-order chi connectivity index (χ0) is 19.1. The highest BCUT2D eigenvalue weighted by Crippen LogP contribution is 2.33. The Morgan fingerprint density at radius 3 is 2.86 bits per heavy atom. The lowest BCUT2D eigenvalue weighted by Gasteiger charge is -2.32. The maximum atomic E-state index is 14.5. The van der Waals surface area contributed by atoms with Gasteiger partial charge < -0.3 is 19.7 Å². The SMILES string of the molecule is Oc1cc(-n2ccnc2)ccc1-c1ccc(O[C@H]2CC3CCC(N3)[C@@H]2F)nn1. The monoisotopic (exact) mass is 381 g/mol. The fraction of sp³-hybridized carbons (Fsp3) is 0.350. The molecule has 0 amide bonds. The summed E-state index contributed by atoms with van der Waals surface area (Å²) in [5, 5.41) is 21.9. The molecule has 2 fully saturated rings. The van der Waals surface area contributed by atoms with Crippen molar-refractivity contribution >= 4 is 0 Å². The number of nitrogens with zero attached hydrogens (tertiary/aromatic N) is 4. The second kappa shape index (κ2) is 6.87. The second-order valence-corrected chi connectivity index (χ2v) is 7.31. The van der Waals surface area contributed by atoms with Gasteiger partial charge in [0.25, 0.3) is 0 Å². The molecule has 2 N–H and O–H groups in total. The molecule has 7 nitrogen and oxygen atoms in total. The Morgan fingerprint density at radius 1 is 1.18 bits per heavy atom. The zero-order valence-electron chi connectivity index (χ0n) is 15.1. The third-order valence-electron chi connectivity index (χ3n) is 5.50. The van der Waals surface area contributed by atoms with Crippen molar-refractivity contribution in [3.63, 3.8) is 0 Å². The smallest absolute Gasteiger partial charge is 0.233 e. The van der Waals surface area contributed by atoms with E-state index in [1.165, 1.54) is 0 Å². The Labute approximate surface area is 161 Å². The molecule has 4 heterocycles. The van der Waals surface area contributed by atoms with Gasteiger partial charge in [0.1, 0.15) is 11.9 Å². The Hall–Kier alpha value is -3.00. The molecular weight excluding hydrogens is 361 g/mol. The van der Waals surface area contributed by atoms with E-state index in [1.54, 1.807) is 47.6 Å². The van der Waals surface area contributed by atoms with Crippen LogP contribution in [0.1, 0.15) is 19.3 Å². The number of imidazole rings is 1. The van der Waals surface area contributed by atoms with Crippen LogP contribution in [0.3, 0.4) is 0 Å². The number of aromatic nitrogens is 4. The van der Waals surface area contributed by atoms with E-state index >= 15 is 0 Å². The van der Waals surface area contributed by atoms with Crippen LogP contribution in [0.5, 0.6) is 11.6 Å². The van der Waals surface area contributed by atoms with E-state index < -0.39 is 12.3 Å². The maximum Gasteiger partial charge on any atom is 0.233 e. The largest absolute Gasteiger partial charge is 0.507 e. The molecule has 144 valence electrons. The summed E-state index contributed by atoms with van der Waals surface area (Å²) in [6.07, 6.45) is 6.07. The van der Waals surface area contributed by atoms with Gasteiger partial charge >= 0.3 is 0 Å². The number of fused-ring (bicyclic) bond motifs is 2. The van der Waals surface area contributed by atoms with Gasteiger partial charge in [0, 0.05) is 48.6 Å². The van der Waals surface area contributed by atoms with Gasteiger partial charge in [0.05, 0.1) is 17.7 Å². The summed E-state index contributed by atoms with van der Waals surface area (Å²) in [6.45, 7) is 0. The molecule has 1 aromatic carbocycles. The molecule has 0 aliphatic carbocycles. The van der Waals surface area contributed by atoms with Gasteiger partial charge in [0.15, 0.2) is 6.17 Å². The number of piperidine rings is 1. The number of nitrogens with one attached hydrogen (secondary N) is 1. The van der Waals surface area contributed by atoms with Gasteiger partial charge in [-0.3, -0.25) is 0 Å². The number of benzene rings is 1. The first-order chi connectivity index (χ1) is 13.7. The lowest BCUT2D eigenvalue weighted by molar-refractivity contribution is 0.0422. The molecule has 4 atom stereocenters. The average molecular weight is 381 g/mol. The summed E-state index contributed by atoms with van der Waals surface area (Å²) < 4.78 is 22.1. The van der Waals surface area contributed by atoms with Crippen molar-refractivity contribution in [2.45, 2.75) is 43.6 Å². The molecule has 0 saturated carbocycles. The van der Waals surface area contributed by atoms with Crippen molar-refractivity contribution in [2.24, 2.45) is 0 Å². The van der Waals surface area contributed by atoms with E-state index in [0.29, 0.717) is 29.6 Å². The number of ether oxygens (including phenoxy) is 1.